The van der Waals surface area contributed by atoms with E-state index in [4.69, 9.17) is 0 Å². The first-order valence-electron chi connectivity index (χ1n) is 7.29. The Morgan fingerprint density at radius 2 is 2.11 bits per heavy atom. The highest BCUT2D eigenvalue weighted by molar-refractivity contribution is 5.67. The summed E-state index contributed by atoms with van der Waals surface area (Å²) >= 11 is 0. The van der Waals surface area contributed by atoms with Gasteiger partial charge in [-0.2, -0.15) is 0 Å². The number of carboxylic acids is 1. The summed E-state index contributed by atoms with van der Waals surface area (Å²) < 4.78 is 2.16. The van der Waals surface area contributed by atoms with Crippen LogP contribution in [0.1, 0.15) is 63.2 Å². The summed E-state index contributed by atoms with van der Waals surface area (Å²) in [5, 5.41) is 17.5. The lowest BCUT2D eigenvalue weighted by atomic mass is 9.69. The fourth-order valence-electron chi connectivity index (χ4n) is 3.42. The normalized spacial score (nSPS) is 22.3. The molecule has 5 nitrogen and oxygen atoms in total. The van der Waals surface area contributed by atoms with Gasteiger partial charge in [-0.25, -0.2) is 0 Å². The third kappa shape index (κ3) is 2.80. The van der Waals surface area contributed by atoms with Crippen LogP contribution in [-0.4, -0.2) is 25.8 Å². The van der Waals surface area contributed by atoms with Crippen molar-refractivity contribution in [3.8, 4) is 0 Å². The Kier molecular flexibility index (Phi) is 3.29. The molecule has 0 aliphatic heterocycles. The Morgan fingerprint density at radius 1 is 1.37 bits per heavy atom. The molecule has 2 aliphatic rings. The van der Waals surface area contributed by atoms with E-state index in [-0.39, 0.29) is 11.8 Å². The van der Waals surface area contributed by atoms with Crippen LogP contribution in [-0.2, 0) is 11.2 Å². The highest BCUT2D eigenvalue weighted by Crippen LogP contribution is 2.43. The molecule has 2 fully saturated rings. The van der Waals surface area contributed by atoms with Gasteiger partial charge in [0.05, 0.1) is 6.42 Å². The van der Waals surface area contributed by atoms with Crippen LogP contribution >= 0.6 is 0 Å². The van der Waals surface area contributed by atoms with E-state index < -0.39 is 5.97 Å². The van der Waals surface area contributed by atoms with Gasteiger partial charge in [-0.15, -0.1) is 10.2 Å². The molecule has 0 bridgehead atoms. The lowest BCUT2D eigenvalue weighted by molar-refractivity contribution is -0.140. The number of carbonyl (C=O) groups is 1. The zero-order chi connectivity index (χ0) is 13.3. The van der Waals surface area contributed by atoms with Gasteiger partial charge in [0, 0.05) is 12.5 Å². The fraction of sp³-hybridized carbons (Fsp3) is 0.786. The number of nitrogens with zero attached hydrogens (tertiary/aromatic N) is 3. The number of carboxylic acid groups (broad SMARTS) is 1. The maximum atomic E-state index is 11.2. The smallest absolute Gasteiger partial charge is 0.303 e. The van der Waals surface area contributed by atoms with Crippen LogP contribution in [0.2, 0.25) is 0 Å². The van der Waals surface area contributed by atoms with E-state index in [1.54, 1.807) is 0 Å². The molecule has 3 rings (SSSR count). The first-order valence-corrected chi connectivity index (χ1v) is 7.29. The second-order valence-corrected chi connectivity index (χ2v) is 6.19. The predicted octanol–water partition coefficient (Wildman–Crippen LogP) is 2.58. The average molecular weight is 263 g/mol. The Hall–Kier alpha value is -1.39. The van der Waals surface area contributed by atoms with Crippen LogP contribution in [0.5, 0.6) is 0 Å². The first-order chi connectivity index (χ1) is 9.19. The van der Waals surface area contributed by atoms with E-state index in [0.717, 1.165) is 37.9 Å². The monoisotopic (exact) mass is 263 g/mol. The van der Waals surface area contributed by atoms with E-state index in [2.05, 4.69) is 14.8 Å². The maximum Gasteiger partial charge on any atom is 0.303 e. The average Bonchev–Trinajstić information content (AvgIpc) is 3.11. The van der Waals surface area contributed by atoms with Gasteiger partial charge in [-0.05, 0) is 31.1 Å². The molecule has 0 radical (unpaired) electrons. The number of aromatic nitrogens is 3. The Balaban J connectivity index is 1.79. The number of rotatable bonds is 5. The maximum absolute atomic E-state index is 11.2. The highest BCUT2D eigenvalue weighted by Gasteiger charge is 2.37. The van der Waals surface area contributed by atoms with Crippen molar-refractivity contribution < 1.29 is 9.90 Å². The molecule has 2 saturated carbocycles. The molecule has 2 aliphatic carbocycles. The molecule has 19 heavy (non-hydrogen) atoms. The van der Waals surface area contributed by atoms with Gasteiger partial charge in [0.15, 0.2) is 0 Å². The van der Waals surface area contributed by atoms with Gasteiger partial charge in [-0.1, -0.05) is 19.3 Å². The van der Waals surface area contributed by atoms with Crippen molar-refractivity contribution in [2.24, 2.45) is 5.41 Å². The third-order valence-electron chi connectivity index (χ3n) is 4.56. The fourth-order valence-corrected chi connectivity index (χ4v) is 3.42. The van der Waals surface area contributed by atoms with Crippen molar-refractivity contribution in [3.63, 3.8) is 0 Å². The Bertz CT molecular complexity index is 459. The molecule has 1 heterocycles. The van der Waals surface area contributed by atoms with Crippen LogP contribution in [0, 0.1) is 5.41 Å². The van der Waals surface area contributed by atoms with Gasteiger partial charge >= 0.3 is 5.97 Å². The molecular formula is C14H21N3O2. The molecule has 104 valence electrons. The van der Waals surface area contributed by atoms with Gasteiger partial charge in [0.1, 0.15) is 12.2 Å². The zero-order valence-corrected chi connectivity index (χ0v) is 11.2. The van der Waals surface area contributed by atoms with Crippen LogP contribution in [0.15, 0.2) is 6.33 Å². The lowest BCUT2D eigenvalue weighted by Gasteiger charge is -2.35. The minimum atomic E-state index is -0.681. The first kappa shape index (κ1) is 12.6. The Morgan fingerprint density at radius 3 is 2.74 bits per heavy atom. The highest BCUT2D eigenvalue weighted by atomic mass is 16.4. The number of hydrogen-bond acceptors (Lipinski definition) is 3. The molecule has 1 N–H and O–H groups in total. The molecule has 5 heteroatoms. The summed E-state index contributed by atoms with van der Waals surface area (Å²) in [7, 11) is 0. The van der Waals surface area contributed by atoms with Crippen molar-refractivity contribution in [2.45, 2.75) is 63.8 Å². The second kappa shape index (κ2) is 4.94. The van der Waals surface area contributed by atoms with E-state index in [9.17, 15) is 9.90 Å². The predicted molar refractivity (Wildman–Crippen MR) is 69.8 cm³/mol. The summed E-state index contributed by atoms with van der Waals surface area (Å²) in [6.45, 7) is 0. The van der Waals surface area contributed by atoms with E-state index in [1.807, 2.05) is 6.33 Å². The summed E-state index contributed by atoms with van der Waals surface area (Å²) in [6.07, 6.45) is 10.8. The largest absolute Gasteiger partial charge is 0.481 e. The van der Waals surface area contributed by atoms with Gasteiger partial charge in [-0.3, -0.25) is 4.79 Å². The molecule has 1 aromatic rings. The van der Waals surface area contributed by atoms with Crippen LogP contribution < -0.4 is 0 Å². The standard InChI is InChI=1S/C14H21N3O2/c18-13(19)9-14(6-2-1-3-7-14)8-12-16-15-10-17(12)11-4-5-11/h10-11H,1-9H2,(H,18,19). The summed E-state index contributed by atoms with van der Waals surface area (Å²) in [5.74, 6) is 0.310. The van der Waals surface area contributed by atoms with Crippen LogP contribution in [0.4, 0.5) is 0 Å². The third-order valence-corrected chi connectivity index (χ3v) is 4.56. The summed E-state index contributed by atoms with van der Waals surface area (Å²) in [5.41, 5.74) is -0.0935. The molecular weight excluding hydrogens is 242 g/mol. The van der Waals surface area contributed by atoms with Crippen LogP contribution in [0.3, 0.4) is 0 Å². The van der Waals surface area contributed by atoms with Gasteiger partial charge < -0.3 is 9.67 Å². The number of aliphatic carboxylic acids is 1. The summed E-state index contributed by atoms with van der Waals surface area (Å²) in [6, 6.07) is 0.565. The van der Waals surface area contributed by atoms with Crippen molar-refractivity contribution in [3.05, 3.63) is 12.2 Å². The SMILES string of the molecule is O=C(O)CC1(Cc2nncn2C2CC2)CCCCC1. The van der Waals surface area contributed by atoms with Crippen molar-refractivity contribution in [1.82, 2.24) is 14.8 Å². The molecule has 0 aromatic carbocycles. The lowest BCUT2D eigenvalue weighted by Crippen LogP contribution is -2.31. The number of hydrogen-bond donors (Lipinski definition) is 1. The van der Waals surface area contributed by atoms with E-state index in [0.29, 0.717) is 6.04 Å². The van der Waals surface area contributed by atoms with Crippen molar-refractivity contribution in [2.75, 3.05) is 0 Å². The van der Waals surface area contributed by atoms with E-state index >= 15 is 0 Å². The molecule has 0 unspecified atom stereocenters. The molecule has 0 spiro atoms. The molecule has 0 atom stereocenters. The topological polar surface area (TPSA) is 68.0 Å². The van der Waals surface area contributed by atoms with Crippen molar-refractivity contribution >= 4 is 5.97 Å². The van der Waals surface area contributed by atoms with Gasteiger partial charge in [0.25, 0.3) is 0 Å². The molecule has 1 aromatic heterocycles. The zero-order valence-electron chi connectivity index (χ0n) is 11.2. The van der Waals surface area contributed by atoms with Crippen LogP contribution in [0.25, 0.3) is 0 Å². The molecule has 0 saturated heterocycles. The summed E-state index contributed by atoms with van der Waals surface area (Å²) in [4.78, 5) is 11.2. The van der Waals surface area contributed by atoms with Gasteiger partial charge in [0.2, 0.25) is 0 Å². The minimum Gasteiger partial charge on any atom is -0.481 e. The Labute approximate surface area is 113 Å². The quantitative estimate of drug-likeness (QED) is 0.886. The minimum absolute atomic E-state index is 0.0935. The van der Waals surface area contributed by atoms with Crippen molar-refractivity contribution in [1.29, 1.82) is 0 Å². The molecule has 0 amide bonds. The second-order valence-electron chi connectivity index (χ2n) is 6.19. The van der Waals surface area contributed by atoms with E-state index in [1.165, 1.54) is 19.3 Å².